The van der Waals surface area contributed by atoms with Gasteiger partial charge >= 0.3 is 18.1 Å². The summed E-state index contributed by atoms with van der Waals surface area (Å²) in [6.07, 6.45) is 6.66. The van der Waals surface area contributed by atoms with Gasteiger partial charge in [0.2, 0.25) is 6.10 Å². The lowest BCUT2D eigenvalue weighted by atomic mass is 10.2. The fourth-order valence-corrected chi connectivity index (χ4v) is 0.979. The fraction of sp³-hybridized carbons (Fsp3) is 0.462. The average Bonchev–Trinajstić information content (AvgIpc) is 2.42. The first kappa shape index (κ1) is 17.3. The smallest absolute Gasteiger partial charge is 0.452 e. The van der Waals surface area contributed by atoms with Gasteiger partial charge in [0.05, 0.1) is 13.0 Å². The van der Waals surface area contributed by atoms with Crippen LogP contribution in [-0.4, -0.2) is 44.0 Å². The lowest BCUT2D eigenvalue weighted by Crippen LogP contribution is -2.32. The van der Waals surface area contributed by atoms with Gasteiger partial charge in [-0.25, -0.2) is 9.59 Å². The Bertz CT molecular complexity index is 427. The maximum Gasteiger partial charge on any atom is 0.509 e. The lowest BCUT2D eigenvalue weighted by molar-refractivity contribution is -0.160. The number of ether oxygens (including phenoxy) is 4. The van der Waals surface area contributed by atoms with Gasteiger partial charge in [-0.2, -0.15) is 0 Å². The summed E-state index contributed by atoms with van der Waals surface area (Å²) in [4.78, 5) is 34.0. The predicted octanol–water partition coefficient (Wildman–Crippen LogP) is 0.271. The minimum atomic E-state index is -1.51. The Balaban J connectivity index is 4.57. The maximum absolute atomic E-state index is 11.6. The standard InChI is InChI=1S/C13H14O7/c1-4-7-18-11(14)9-10(12(15)19-8-5-2)20-13(16)17-6-3/h1-2,10H,6-9H2,3H3. The molecule has 0 spiro atoms. The average molecular weight is 282 g/mol. The van der Waals surface area contributed by atoms with E-state index in [2.05, 4.69) is 30.8 Å². The largest absolute Gasteiger partial charge is 0.509 e. The van der Waals surface area contributed by atoms with Crippen molar-refractivity contribution in [2.75, 3.05) is 19.8 Å². The molecule has 0 aromatic carbocycles. The highest BCUT2D eigenvalue weighted by Gasteiger charge is 2.28. The summed E-state index contributed by atoms with van der Waals surface area (Å²) in [6, 6.07) is 0. The van der Waals surface area contributed by atoms with E-state index in [4.69, 9.17) is 12.8 Å². The molecule has 0 aliphatic carbocycles. The first-order valence-electron chi connectivity index (χ1n) is 5.57. The summed E-state index contributed by atoms with van der Waals surface area (Å²) in [5.74, 6) is 2.34. The minimum absolute atomic E-state index is 0.0481. The number of rotatable bonds is 7. The third-order valence-corrected chi connectivity index (χ3v) is 1.73. The van der Waals surface area contributed by atoms with Crippen molar-refractivity contribution >= 4 is 18.1 Å². The van der Waals surface area contributed by atoms with E-state index in [1.807, 2.05) is 0 Å². The second-order valence-corrected chi connectivity index (χ2v) is 3.17. The highest BCUT2D eigenvalue weighted by atomic mass is 16.7. The molecule has 0 bridgehead atoms. The molecule has 7 nitrogen and oxygen atoms in total. The van der Waals surface area contributed by atoms with E-state index in [9.17, 15) is 14.4 Å². The molecule has 20 heavy (non-hydrogen) atoms. The Morgan fingerprint density at radius 1 is 1.05 bits per heavy atom. The van der Waals surface area contributed by atoms with Gasteiger partial charge in [-0.15, -0.1) is 12.8 Å². The van der Waals surface area contributed by atoms with Crippen molar-refractivity contribution in [1.29, 1.82) is 0 Å². The van der Waals surface area contributed by atoms with Crippen LogP contribution in [0.3, 0.4) is 0 Å². The van der Waals surface area contributed by atoms with Crippen molar-refractivity contribution in [2.24, 2.45) is 0 Å². The molecule has 0 saturated carbocycles. The number of hydrogen-bond acceptors (Lipinski definition) is 7. The summed E-state index contributed by atoms with van der Waals surface area (Å²) in [7, 11) is 0. The van der Waals surface area contributed by atoms with Crippen LogP contribution in [0.15, 0.2) is 0 Å². The molecule has 0 fully saturated rings. The Morgan fingerprint density at radius 2 is 1.65 bits per heavy atom. The third kappa shape index (κ3) is 7.62. The molecule has 0 radical (unpaired) electrons. The van der Waals surface area contributed by atoms with Gasteiger partial charge in [0, 0.05) is 0 Å². The summed E-state index contributed by atoms with van der Waals surface area (Å²) in [5, 5.41) is 0. The van der Waals surface area contributed by atoms with E-state index < -0.39 is 30.6 Å². The summed E-state index contributed by atoms with van der Waals surface area (Å²) < 4.78 is 18.3. The van der Waals surface area contributed by atoms with Gasteiger partial charge in [-0.05, 0) is 6.92 Å². The number of carbonyl (C=O) groups excluding carboxylic acids is 3. The molecular formula is C13H14O7. The van der Waals surface area contributed by atoms with Crippen molar-refractivity contribution in [1.82, 2.24) is 0 Å². The molecule has 0 aromatic rings. The Morgan fingerprint density at radius 3 is 2.20 bits per heavy atom. The summed E-state index contributed by atoms with van der Waals surface area (Å²) >= 11 is 0. The second-order valence-electron chi connectivity index (χ2n) is 3.17. The zero-order valence-electron chi connectivity index (χ0n) is 10.9. The molecule has 0 amide bonds. The van der Waals surface area contributed by atoms with E-state index in [0.29, 0.717) is 0 Å². The van der Waals surface area contributed by atoms with Gasteiger partial charge in [0.25, 0.3) is 0 Å². The lowest BCUT2D eigenvalue weighted by Gasteiger charge is -2.14. The van der Waals surface area contributed by atoms with Crippen LogP contribution in [0, 0.1) is 24.7 Å². The molecule has 108 valence electrons. The zero-order chi connectivity index (χ0) is 15.4. The number of carbonyl (C=O) groups is 3. The molecule has 0 saturated heterocycles. The molecule has 0 heterocycles. The molecule has 0 aliphatic heterocycles. The molecule has 0 aliphatic rings. The van der Waals surface area contributed by atoms with E-state index in [1.165, 1.54) is 0 Å². The van der Waals surface area contributed by atoms with Crippen LogP contribution in [0.5, 0.6) is 0 Å². The van der Waals surface area contributed by atoms with Gasteiger partial charge in [-0.1, -0.05) is 11.8 Å². The normalized spacial score (nSPS) is 10.3. The third-order valence-electron chi connectivity index (χ3n) is 1.73. The molecule has 7 heteroatoms. The van der Waals surface area contributed by atoms with E-state index in [1.54, 1.807) is 6.92 Å². The van der Waals surface area contributed by atoms with Crippen LogP contribution < -0.4 is 0 Å². The van der Waals surface area contributed by atoms with Crippen molar-refractivity contribution in [3.63, 3.8) is 0 Å². The van der Waals surface area contributed by atoms with Crippen LogP contribution in [-0.2, 0) is 28.5 Å². The predicted molar refractivity (Wildman–Crippen MR) is 66.1 cm³/mol. The molecular weight excluding hydrogens is 268 g/mol. The fourth-order valence-electron chi connectivity index (χ4n) is 0.979. The number of terminal acetylenes is 2. The summed E-state index contributed by atoms with van der Waals surface area (Å²) in [5.41, 5.74) is 0. The van der Waals surface area contributed by atoms with Crippen LogP contribution >= 0.6 is 0 Å². The van der Waals surface area contributed by atoms with E-state index in [0.717, 1.165) is 0 Å². The van der Waals surface area contributed by atoms with Gasteiger partial charge in [0.15, 0.2) is 13.2 Å². The van der Waals surface area contributed by atoms with Gasteiger partial charge in [-0.3, -0.25) is 4.79 Å². The van der Waals surface area contributed by atoms with Gasteiger partial charge < -0.3 is 18.9 Å². The summed E-state index contributed by atoms with van der Waals surface area (Å²) in [6.45, 7) is 1.02. The molecule has 0 aromatic heterocycles. The van der Waals surface area contributed by atoms with Crippen molar-refractivity contribution < 1.29 is 33.3 Å². The quantitative estimate of drug-likeness (QED) is 0.376. The van der Waals surface area contributed by atoms with Crippen LogP contribution in [0.2, 0.25) is 0 Å². The van der Waals surface area contributed by atoms with Crippen LogP contribution in [0.25, 0.3) is 0 Å². The Kier molecular flexibility index (Phi) is 8.90. The second kappa shape index (κ2) is 10.3. The van der Waals surface area contributed by atoms with E-state index >= 15 is 0 Å². The van der Waals surface area contributed by atoms with Crippen molar-refractivity contribution in [3.8, 4) is 24.7 Å². The van der Waals surface area contributed by atoms with Crippen LogP contribution in [0.1, 0.15) is 13.3 Å². The number of esters is 2. The molecule has 0 rings (SSSR count). The SMILES string of the molecule is C#CCOC(=O)CC(OC(=O)OCC)C(=O)OCC#C. The van der Waals surface area contributed by atoms with Crippen molar-refractivity contribution in [3.05, 3.63) is 0 Å². The minimum Gasteiger partial charge on any atom is -0.452 e. The monoisotopic (exact) mass is 282 g/mol. The molecule has 0 N–H and O–H groups in total. The highest BCUT2D eigenvalue weighted by molar-refractivity contribution is 5.83. The maximum atomic E-state index is 11.6. The Hall–Kier alpha value is -2.67. The molecule has 1 unspecified atom stereocenters. The first-order valence-corrected chi connectivity index (χ1v) is 5.57. The number of hydrogen-bond donors (Lipinski definition) is 0. The molecule has 1 atom stereocenters. The van der Waals surface area contributed by atoms with Gasteiger partial charge in [0.1, 0.15) is 0 Å². The zero-order valence-corrected chi connectivity index (χ0v) is 10.9. The Labute approximate surface area is 116 Å². The van der Waals surface area contributed by atoms with Crippen LogP contribution in [0.4, 0.5) is 4.79 Å². The first-order chi connectivity index (χ1) is 9.54. The van der Waals surface area contributed by atoms with E-state index in [-0.39, 0.29) is 19.8 Å². The van der Waals surface area contributed by atoms with Crippen molar-refractivity contribution in [2.45, 2.75) is 19.4 Å². The highest BCUT2D eigenvalue weighted by Crippen LogP contribution is 2.05. The topological polar surface area (TPSA) is 88.1 Å².